The second-order valence-corrected chi connectivity index (χ2v) is 7.28. The Morgan fingerprint density at radius 1 is 0.781 bits per heavy atom. The normalized spacial score (nSPS) is 11.1. The van der Waals surface area contributed by atoms with Crippen molar-refractivity contribution in [1.29, 1.82) is 0 Å². The summed E-state index contributed by atoms with van der Waals surface area (Å²) < 4.78 is 3.86. The van der Waals surface area contributed by atoms with Gasteiger partial charge in [-0.25, -0.2) is 0 Å². The minimum Gasteiger partial charge on any atom is -0.352 e. The van der Waals surface area contributed by atoms with E-state index in [4.69, 9.17) is 0 Å². The Balaban J connectivity index is 0.00000289. The van der Waals surface area contributed by atoms with E-state index in [2.05, 4.69) is 74.4 Å². The van der Waals surface area contributed by atoms with Crippen molar-refractivity contribution >= 4 is 29.9 Å². The quantitative estimate of drug-likeness (QED) is 0.203. The summed E-state index contributed by atoms with van der Waals surface area (Å²) in [5.41, 5.74) is 4.88. The molecule has 0 radical (unpaired) electrons. The Labute approximate surface area is 205 Å². The lowest BCUT2D eigenvalue weighted by atomic mass is 10.1. The second-order valence-electron chi connectivity index (χ2n) is 7.28. The molecule has 0 aliphatic heterocycles. The molecule has 8 heteroatoms. The molecule has 0 atom stereocenters. The van der Waals surface area contributed by atoms with Crippen molar-refractivity contribution in [2.24, 2.45) is 4.99 Å². The maximum Gasteiger partial charge on any atom is 0.191 e. The van der Waals surface area contributed by atoms with E-state index in [-0.39, 0.29) is 24.0 Å². The number of aliphatic imine (C=N–C) groups is 1. The first-order chi connectivity index (χ1) is 15.3. The maximum atomic E-state index is 4.37. The molecule has 2 aromatic carbocycles. The van der Waals surface area contributed by atoms with Gasteiger partial charge >= 0.3 is 0 Å². The van der Waals surface area contributed by atoms with Gasteiger partial charge in [0.25, 0.3) is 0 Å². The van der Waals surface area contributed by atoms with Crippen molar-refractivity contribution in [2.75, 3.05) is 7.05 Å². The van der Waals surface area contributed by atoms with E-state index in [0.717, 1.165) is 19.0 Å². The van der Waals surface area contributed by atoms with Crippen LogP contribution in [0.2, 0.25) is 0 Å². The summed E-state index contributed by atoms with van der Waals surface area (Å²) in [6.45, 7) is 2.90. The van der Waals surface area contributed by atoms with Crippen LogP contribution in [0.25, 0.3) is 0 Å². The monoisotopic (exact) mass is 541 g/mol. The number of benzene rings is 2. The highest BCUT2D eigenvalue weighted by molar-refractivity contribution is 14.0. The van der Waals surface area contributed by atoms with Crippen molar-refractivity contribution in [3.63, 3.8) is 0 Å². The van der Waals surface area contributed by atoms with E-state index in [9.17, 15) is 0 Å². The summed E-state index contributed by atoms with van der Waals surface area (Å²) in [4.78, 5) is 4.37. The molecule has 0 unspecified atom stereocenters. The molecule has 4 rings (SSSR count). The van der Waals surface area contributed by atoms with Gasteiger partial charge in [0.1, 0.15) is 0 Å². The van der Waals surface area contributed by atoms with E-state index >= 15 is 0 Å². The van der Waals surface area contributed by atoms with Gasteiger partial charge in [-0.15, -0.1) is 24.0 Å². The highest BCUT2D eigenvalue weighted by atomic mass is 127. The van der Waals surface area contributed by atoms with Crippen LogP contribution in [-0.4, -0.2) is 32.6 Å². The number of nitrogens with zero attached hydrogens (tertiary/aromatic N) is 5. The van der Waals surface area contributed by atoms with Crippen LogP contribution >= 0.6 is 24.0 Å². The predicted octanol–water partition coefficient (Wildman–Crippen LogP) is 3.66. The van der Waals surface area contributed by atoms with Gasteiger partial charge in [-0.05, 0) is 34.4 Å². The van der Waals surface area contributed by atoms with Crippen molar-refractivity contribution in [3.8, 4) is 0 Å². The number of halogens is 1. The molecule has 0 aliphatic carbocycles. The standard InChI is InChI=1S/C24H27N7.HI/c1-25-24(26-16-20-7-4-8-21(15-20)18-30-13-5-11-28-30)27-17-22-9-2-3-10-23(22)19-31-14-6-12-29-31;/h2-15H,16-19H2,1H3,(H2,25,26,27);1H. The zero-order chi connectivity index (χ0) is 21.3. The summed E-state index contributed by atoms with van der Waals surface area (Å²) >= 11 is 0. The Kier molecular flexibility index (Phi) is 8.85. The number of nitrogens with one attached hydrogen (secondary N) is 2. The molecule has 0 bridgehead atoms. The fraction of sp³-hybridized carbons (Fsp3) is 0.208. The zero-order valence-electron chi connectivity index (χ0n) is 18.1. The maximum absolute atomic E-state index is 4.37. The first kappa shape index (κ1) is 23.5. The SMILES string of the molecule is CN=C(NCc1cccc(Cn2cccn2)c1)NCc1ccccc1Cn1cccn1.I. The topological polar surface area (TPSA) is 72.1 Å². The smallest absolute Gasteiger partial charge is 0.191 e. The number of aromatic nitrogens is 4. The van der Waals surface area contributed by atoms with Crippen molar-refractivity contribution in [2.45, 2.75) is 26.2 Å². The van der Waals surface area contributed by atoms with Gasteiger partial charge in [0, 0.05) is 44.9 Å². The van der Waals surface area contributed by atoms with Crippen LogP contribution in [0.4, 0.5) is 0 Å². The molecule has 0 amide bonds. The molecule has 2 aromatic heterocycles. The van der Waals surface area contributed by atoms with Gasteiger partial charge in [-0.2, -0.15) is 10.2 Å². The van der Waals surface area contributed by atoms with Crippen LogP contribution in [0.3, 0.4) is 0 Å². The summed E-state index contributed by atoms with van der Waals surface area (Å²) in [7, 11) is 1.79. The molecular formula is C24H28IN7. The van der Waals surface area contributed by atoms with Crippen LogP contribution in [-0.2, 0) is 26.2 Å². The average molecular weight is 541 g/mol. The number of hydrogen-bond donors (Lipinski definition) is 2. The van der Waals surface area contributed by atoms with Gasteiger partial charge < -0.3 is 10.6 Å². The molecular weight excluding hydrogens is 513 g/mol. The zero-order valence-corrected chi connectivity index (χ0v) is 20.4. The number of hydrogen-bond acceptors (Lipinski definition) is 3. The van der Waals surface area contributed by atoms with Gasteiger partial charge in [-0.3, -0.25) is 14.4 Å². The molecule has 166 valence electrons. The molecule has 0 spiro atoms. The molecule has 4 aromatic rings. The van der Waals surface area contributed by atoms with E-state index in [1.54, 1.807) is 19.4 Å². The lowest BCUT2D eigenvalue weighted by molar-refractivity contribution is 0.677. The highest BCUT2D eigenvalue weighted by Crippen LogP contribution is 2.10. The third-order valence-corrected chi connectivity index (χ3v) is 5.03. The summed E-state index contributed by atoms with van der Waals surface area (Å²) in [6.07, 6.45) is 7.55. The van der Waals surface area contributed by atoms with Gasteiger partial charge in [0.2, 0.25) is 0 Å². The molecule has 0 fully saturated rings. The van der Waals surface area contributed by atoms with E-state index < -0.39 is 0 Å². The van der Waals surface area contributed by atoms with E-state index in [1.807, 2.05) is 33.9 Å². The van der Waals surface area contributed by atoms with E-state index in [0.29, 0.717) is 13.1 Å². The molecule has 7 nitrogen and oxygen atoms in total. The van der Waals surface area contributed by atoms with Crippen LogP contribution in [0.1, 0.15) is 22.3 Å². The Morgan fingerprint density at radius 2 is 1.44 bits per heavy atom. The number of rotatable bonds is 8. The number of guanidine groups is 1. The summed E-state index contributed by atoms with van der Waals surface area (Å²) in [5, 5.41) is 15.4. The first-order valence-electron chi connectivity index (χ1n) is 10.3. The highest BCUT2D eigenvalue weighted by Gasteiger charge is 2.05. The molecule has 32 heavy (non-hydrogen) atoms. The molecule has 0 saturated heterocycles. The first-order valence-corrected chi connectivity index (χ1v) is 10.3. The van der Waals surface area contributed by atoms with Crippen LogP contribution in [0, 0.1) is 0 Å². The van der Waals surface area contributed by atoms with Crippen molar-refractivity contribution in [3.05, 3.63) is 108 Å². The van der Waals surface area contributed by atoms with Crippen LogP contribution < -0.4 is 10.6 Å². The van der Waals surface area contributed by atoms with E-state index in [1.165, 1.54) is 22.3 Å². The lowest BCUT2D eigenvalue weighted by Crippen LogP contribution is -2.36. The molecule has 0 aliphatic rings. The Hall–Kier alpha value is -3.14. The van der Waals surface area contributed by atoms with Gasteiger partial charge in [-0.1, -0.05) is 48.5 Å². The molecule has 2 N–H and O–H groups in total. The predicted molar refractivity (Wildman–Crippen MR) is 138 cm³/mol. The minimum atomic E-state index is 0. The van der Waals surface area contributed by atoms with Crippen LogP contribution in [0.15, 0.2) is 90.4 Å². The largest absolute Gasteiger partial charge is 0.352 e. The van der Waals surface area contributed by atoms with Gasteiger partial charge in [0.15, 0.2) is 5.96 Å². The lowest BCUT2D eigenvalue weighted by Gasteiger charge is -2.15. The van der Waals surface area contributed by atoms with Gasteiger partial charge in [0.05, 0.1) is 13.1 Å². The Morgan fingerprint density at radius 3 is 2.12 bits per heavy atom. The summed E-state index contributed by atoms with van der Waals surface area (Å²) in [6, 6.07) is 20.8. The van der Waals surface area contributed by atoms with Crippen molar-refractivity contribution < 1.29 is 0 Å². The fourth-order valence-corrected chi connectivity index (χ4v) is 3.46. The molecule has 2 heterocycles. The second kappa shape index (κ2) is 12.0. The minimum absolute atomic E-state index is 0. The third-order valence-electron chi connectivity index (χ3n) is 5.03. The Bertz CT molecular complexity index is 1110. The third kappa shape index (κ3) is 6.68. The van der Waals surface area contributed by atoms with Crippen LogP contribution in [0.5, 0.6) is 0 Å². The molecule has 0 saturated carbocycles. The average Bonchev–Trinajstić information content (AvgIpc) is 3.50. The fourth-order valence-electron chi connectivity index (χ4n) is 3.46. The van der Waals surface area contributed by atoms with Crippen molar-refractivity contribution in [1.82, 2.24) is 30.2 Å². The summed E-state index contributed by atoms with van der Waals surface area (Å²) in [5.74, 6) is 0.770.